The van der Waals surface area contributed by atoms with E-state index in [0.29, 0.717) is 0 Å². The Morgan fingerprint density at radius 3 is 0.400 bits per heavy atom. The first kappa shape index (κ1) is 40.1. The summed E-state index contributed by atoms with van der Waals surface area (Å²) in [6.07, 6.45) is 0. The van der Waals surface area contributed by atoms with Crippen molar-refractivity contribution in [3.8, 4) is 0 Å². The van der Waals surface area contributed by atoms with Crippen LogP contribution in [0.1, 0.15) is 0 Å². The van der Waals surface area contributed by atoms with E-state index in [-0.39, 0.29) is 104 Å². The molecular formula is Cr3Zr2. The summed E-state index contributed by atoms with van der Waals surface area (Å²) in [5.41, 5.74) is 0. The molecular weight excluding hydrogens is 338 g/mol. The van der Waals surface area contributed by atoms with Crippen LogP contribution in [0, 0.1) is 0 Å². The largest absolute Gasteiger partial charge is 0 e. The van der Waals surface area contributed by atoms with Gasteiger partial charge in [-0.05, 0) is 0 Å². The van der Waals surface area contributed by atoms with Crippen molar-refractivity contribution in [2.24, 2.45) is 0 Å². The molecule has 0 radical (unpaired) electrons. The standard InChI is InChI=1S/3Cr.2Zr. The zero-order valence-corrected chi connectivity index (χ0v) is 11.0. The Balaban J connectivity index is 0. The van der Waals surface area contributed by atoms with Crippen LogP contribution < -0.4 is 0 Å². The van der Waals surface area contributed by atoms with Crippen LogP contribution in [0.5, 0.6) is 0 Å². The molecule has 0 bridgehead atoms. The van der Waals surface area contributed by atoms with Crippen LogP contribution in [0.3, 0.4) is 0 Å². The summed E-state index contributed by atoms with van der Waals surface area (Å²) >= 11 is 0. The minimum atomic E-state index is 0. The van der Waals surface area contributed by atoms with Gasteiger partial charge in [-0.3, -0.25) is 0 Å². The maximum absolute atomic E-state index is 0. The first-order valence-corrected chi connectivity index (χ1v) is 0. The zero-order chi connectivity index (χ0) is 0. The molecule has 5 heavy (non-hydrogen) atoms. The third-order valence-corrected chi connectivity index (χ3v) is 0. The summed E-state index contributed by atoms with van der Waals surface area (Å²) in [7, 11) is 0. The van der Waals surface area contributed by atoms with Crippen molar-refractivity contribution in [1.82, 2.24) is 0 Å². The minimum Gasteiger partial charge on any atom is 0 e. The van der Waals surface area contributed by atoms with E-state index in [9.17, 15) is 0 Å². The Hall–Kier alpha value is 3.36. The molecule has 0 spiro atoms. The van der Waals surface area contributed by atoms with Gasteiger partial charge < -0.3 is 0 Å². The van der Waals surface area contributed by atoms with Gasteiger partial charge in [0.2, 0.25) is 0 Å². The van der Waals surface area contributed by atoms with Crippen molar-refractivity contribution in [1.29, 1.82) is 0 Å². The van der Waals surface area contributed by atoms with Crippen molar-refractivity contribution in [3.63, 3.8) is 0 Å². The third kappa shape index (κ3) is 18.7. The number of hydrogen-bond acceptors (Lipinski definition) is 0. The van der Waals surface area contributed by atoms with E-state index in [1.165, 1.54) is 0 Å². The predicted molar refractivity (Wildman–Crippen MR) is 0 cm³/mol. The van der Waals surface area contributed by atoms with Crippen LogP contribution in [0.2, 0.25) is 0 Å². The molecule has 26 valence electrons. The fraction of sp³-hybridized carbons (Fsp3) is 0. The summed E-state index contributed by atoms with van der Waals surface area (Å²) < 4.78 is 0. The average molecular weight is 338 g/mol. The Morgan fingerprint density at radius 2 is 0.400 bits per heavy atom. The molecule has 0 aromatic rings. The SMILES string of the molecule is [Cr].[Cr].[Cr].[Zr].[Zr]. The Labute approximate surface area is 102 Å². The van der Waals surface area contributed by atoms with Crippen LogP contribution >= 0.6 is 0 Å². The molecule has 0 saturated carbocycles. The van der Waals surface area contributed by atoms with Gasteiger partial charge in [0.25, 0.3) is 0 Å². The fourth-order valence-electron chi connectivity index (χ4n) is 0. The normalized spacial score (nSPS) is 0. The Kier molecular flexibility index (Phi) is 211. The Morgan fingerprint density at radius 1 is 0.400 bits per heavy atom. The van der Waals surface area contributed by atoms with Crippen LogP contribution in [0.15, 0.2) is 0 Å². The van der Waals surface area contributed by atoms with E-state index >= 15 is 0 Å². The second-order valence-corrected chi connectivity index (χ2v) is 0. The molecule has 0 aliphatic rings. The van der Waals surface area contributed by atoms with Gasteiger partial charge in [-0.1, -0.05) is 0 Å². The van der Waals surface area contributed by atoms with E-state index < -0.39 is 0 Å². The first-order valence-electron chi connectivity index (χ1n) is 0. The van der Waals surface area contributed by atoms with E-state index in [1.807, 2.05) is 0 Å². The molecule has 5 heteroatoms. The summed E-state index contributed by atoms with van der Waals surface area (Å²) in [6, 6.07) is 0. The first-order chi connectivity index (χ1) is 0. The summed E-state index contributed by atoms with van der Waals surface area (Å²) in [5.74, 6) is 0. The second-order valence-electron chi connectivity index (χ2n) is 0. The maximum atomic E-state index is 0. The summed E-state index contributed by atoms with van der Waals surface area (Å²) in [4.78, 5) is 0. The quantitative estimate of drug-likeness (QED) is 0.583. The molecule has 0 nitrogen and oxygen atoms in total. The van der Waals surface area contributed by atoms with Gasteiger partial charge in [-0.25, -0.2) is 0 Å². The molecule has 0 amide bonds. The molecule has 0 aromatic carbocycles. The molecule has 0 atom stereocenters. The van der Waals surface area contributed by atoms with Crippen molar-refractivity contribution >= 4 is 0 Å². The van der Waals surface area contributed by atoms with E-state index in [2.05, 4.69) is 0 Å². The molecule has 0 fully saturated rings. The van der Waals surface area contributed by atoms with Crippen molar-refractivity contribution in [2.45, 2.75) is 0 Å². The van der Waals surface area contributed by atoms with Crippen LogP contribution in [-0.4, -0.2) is 0 Å². The van der Waals surface area contributed by atoms with Gasteiger partial charge in [0.05, 0.1) is 0 Å². The predicted octanol–water partition coefficient (Wildman–Crippen LogP) is -0.0125. The number of rotatable bonds is 0. The smallest absolute Gasteiger partial charge is 0 e. The molecule has 0 aliphatic heterocycles. The van der Waals surface area contributed by atoms with Gasteiger partial charge in [0.15, 0.2) is 0 Å². The minimum absolute atomic E-state index is 0. The van der Waals surface area contributed by atoms with Crippen LogP contribution in [-0.2, 0) is 104 Å². The van der Waals surface area contributed by atoms with Gasteiger partial charge >= 0.3 is 0 Å². The van der Waals surface area contributed by atoms with Crippen molar-refractivity contribution in [2.75, 3.05) is 0 Å². The topological polar surface area (TPSA) is 0 Å². The summed E-state index contributed by atoms with van der Waals surface area (Å²) in [6.45, 7) is 0. The number of hydrogen-bond donors (Lipinski definition) is 0. The van der Waals surface area contributed by atoms with Crippen LogP contribution in [0.25, 0.3) is 0 Å². The fourth-order valence-corrected chi connectivity index (χ4v) is 0. The van der Waals surface area contributed by atoms with E-state index in [1.54, 1.807) is 0 Å². The Bertz CT molecular complexity index is 4.85. The average Bonchev–Trinajstić information content (AvgIpc) is 0. The second kappa shape index (κ2) is 26.4. The van der Waals surface area contributed by atoms with E-state index in [4.69, 9.17) is 0 Å². The maximum Gasteiger partial charge on any atom is 0 e. The molecule has 0 saturated heterocycles. The molecule has 0 aromatic heterocycles. The monoisotopic (exact) mass is 336 g/mol. The molecule has 0 heterocycles. The zero-order valence-electron chi connectivity index (χ0n) is 2.22. The van der Waals surface area contributed by atoms with E-state index in [0.717, 1.165) is 0 Å². The van der Waals surface area contributed by atoms with Crippen molar-refractivity contribution in [3.05, 3.63) is 0 Å². The molecule has 0 unspecified atom stereocenters. The van der Waals surface area contributed by atoms with Crippen LogP contribution in [0.4, 0.5) is 0 Å². The van der Waals surface area contributed by atoms with Gasteiger partial charge in [-0.2, -0.15) is 0 Å². The molecule has 0 aliphatic carbocycles. The van der Waals surface area contributed by atoms with Gasteiger partial charge in [0, 0.05) is 104 Å². The van der Waals surface area contributed by atoms with Crippen molar-refractivity contribution < 1.29 is 104 Å². The summed E-state index contributed by atoms with van der Waals surface area (Å²) in [5, 5.41) is 0. The molecule has 0 N–H and O–H groups in total. The van der Waals surface area contributed by atoms with Gasteiger partial charge in [0.1, 0.15) is 0 Å². The third-order valence-electron chi connectivity index (χ3n) is 0. The van der Waals surface area contributed by atoms with Gasteiger partial charge in [-0.15, -0.1) is 0 Å². The molecule has 0 rings (SSSR count).